The fraction of sp³-hybridized carbons (Fsp3) is 0.0526. The van der Waals surface area contributed by atoms with Crippen molar-refractivity contribution in [1.29, 1.82) is 0 Å². The van der Waals surface area contributed by atoms with Crippen LogP contribution in [0.1, 0.15) is 11.1 Å². The topological polar surface area (TPSA) is 12.0 Å². The molecule has 0 spiro atoms. The van der Waals surface area contributed by atoms with Gasteiger partial charge in [0.05, 0.1) is 0 Å². The molecule has 0 atom stereocenters. The summed E-state index contributed by atoms with van der Waals surface area (Å²) in [5.41, 5.74) is 5.56. The van der Waals surface area contributed by atoms with E-state index in [1.165, 1.54) is 5.56 Å². The molecule has 0 unspecified atom stereocenters. The summed E-state index contributed by atoms with van der Waals surface area (Å²) in [4.78, 5) is 0. The number of aryl methyl sites for hydroxylation is 1. The van der Waals surface area contributed by atoms with Crippen LogP contribution in [0.4, 0.5) is 11.4 Å². The zero-order valence-electron chi connectivity index (χ0n) is 11.8. The van der Waals surface area contributed by atoms with Crippen LogP contribution < -0.4 is 5.32 Å². The van der Waals surface area contributed by atoms with Crippen LogP contribution in [-0.4, -0.2) is 0 Å². The van der Waals surface area contributed by atoms with Crippen molar-refractivity contribution in [2.75, 3.05) is 5.32 Å². The summed E-state index contributed by atoms with van der Waals surface area (Å²) in [6.45, 7) is 9.73. The minimum absolute atomic E-state index is 1.05. The number of rotatable bonds is 5. The summed E-state index contributed by atoms with van der Waals surface area (Å²) in [5, 5.41) is 3.49. The van der Waals surface area contributed by atoms with Crippen LogP contribution in [0.2, 0.25) is 0 Å². The van der Waals surface area contributed by atoms with Gasteiger partial charge in [0.1, 0.15) is 0 Å². The molecular weight excluding hydrogens is 242 g/mol. The van der Waals surface area contributed by atoms with Gasteiger partial charge in [0.15, 0.2) is 0 Å². The molecule has 0 aliphatic rings. The standard InChI is InChI=1S/C19H19N/c1-4-10-16(5-2)17-12-7-9-14-19(17)20-18-13-8-6-11-15(18)3/h4-14,20H,1-2H2,3H3/b16-10+. The van der Waals surface area contributed by atoms with Crippen molar-refractivity contribution in [1.82, 2.24) is 0 Å². The number of benzene rings is 2. The second-order valence-corrected chi connectivity index (χ2v) is 4.55. The van der Waals surface area contributed by atoms with Crippen molar-refractivity contribution in [2.45, 2.75) is 6.92 Å². The molecule has 1 nitrogen and oxygen atoms in total. The van der Waals surface area contributed by atoms with Crippen LogP contribution in [0.25, 0.3) is 5.57 Å². The second kappa shape index (κ2) is 6.58. The third kappa shape index (κ3) is 3.07. The number of allylic oxidation sites excluding steroid dienone is 4. The molecule has 100 valence electrons. The van der Waals surface area contributed by atoms with E-state index >= 15 is 0 Å². The summed E-state index contributed by atoms with van der Waals surface area (Å²) in [6.07, 6.45) is 5.59. The summed E-state index contributed by atoms with van der Waals surface area (Å²) in [6, 6.07) is 16.5. The molecule has 20 heavy (non-hydrogen) atoms. The third-order valence-corrected chi connectivity index (χ3v) is 3.17. The highest BCUT2D eigenvalue weighted by molar-refractivity contribution is 5.84. The molecule has 0 aliphatic carbocycles. The maximum Gasteiger partial charge on any atom is 0.0463 e. The van der Waals surface area contributed by atoms with Crippen molar-refractivity contribution in [3.05, 3.63) is 91.0 Å². The second-order valence-electron chi connectivity index (χ2n) is 4.55. The zero-order valence-corrected chi connectivity index (χ0v) is 11.8. The number of para-hydroxylation sites is 2. The van der Waals surface area contributed by atoms with Gasteiger partial charge in [0.25, 0.3) is 0 Å². The average Bonchev–Trinajstić information content (AvgIpc) is 2.48. The van der Waals surface area contributed by atoms with Gasteiger partial charge in [-0.3, -0.25) is 0 Å². The molecule has 0 radical (unpaired) electrons. The van der Waals surface area contributed by atoms with E-state index in [4.69, 9.17) is 0 Å². The van der Waals surface area contributed by atoms with E-state index in [0.717, 1.165) is 22.5 Å². The highest BCUT2D eigenvalue weighted by Gasteiger charge is 2.05. The molecule has 0 aromatic heterocycles. The molecule has 0 bridgehead atoms. The molecule has 0 saturated carbocycles. The first-order valence-corrected chi connectivity index (χ1v) is 6.63. The molecule has 0 heterocycles. The Morgan fingerprint density at radius 3 is 2.25 bits per heavy atom. The number of nitrogens with one attached hydrogen (secondary N) is 1. The van der Waals surface area contributed by atoms with E-state index in [9.17, 15) is 0 Å². The first-order chi connectivity index (χ1) is 9.76. The quantitative estimate of drug-likeness (QED) is 0.701. The van der Waals surface area contributed by atoms with Crippen LogP contribution >= 0.6 is 0 Å². The molecule has 0 saturated heterocycles. The first kappa shape index (κ1) is 13.9. The molecule has 1 N–H and O–H groups in total. The van der Waals surface area contributed by atoms with Gasteiger partial charge in [-0.2, -0.15) is 0 Å². The molecular formula is C19H19N. The van der Waals surface area contributed by atoms with Crippen molar-refractivity contribution >= 4 is 16.9 Å². The number of hydrogen-bond donors (Lipinski definition) is 1. The predicted octanol–water partition coefficient (Wildman–Crippen LogP) is 5.49. The maximum atomic E-state index is 3.88. The fourth-order valence-electron chi connectivity index (χ4n) is 2.10. The first-order valence-electron chi connectivity index (χ1n) is 6.63. The predicted molar refractivity (Wildman–Crippen MR) is 89.3 cm³/mol. The minimum atomic E-state index is 1.05. The SMILES string of the molecule is C=C/C=C(\C=C)c1ccccc1Nc1ccccc1C. The van der Waals surface area contributed by atoms with Gasteiger partial charge in [-0.15, -0.1) is 0 Å². The van der Waals surface area contributed by atoms with E-state index < -0.39 is 0 Å². The highest BCUT2D eigenvalue weighted by atomic mass is 14.9. The van der Waals surface area contributed by atoms with E-state index in [0.29, 0.717) is 0 Å². The van der Waals surface area contributed by atoms with Gasteiger partial charge < -0.3 is 5.32 Å². The monoisotopic (exact) mass is 261 g/mol. The maximum absolute atomic E-state index is 3.88. The largest absolute Gasteiger partial charge is 0.355 e. The third-order valence-electron chi connectivity index (χ3n) is 3.17. The lowest BCUT2D eigenvalue weighted by Crippen LogP contribution is -1.96. The lowest BCUT2D eigenvalue weighted by atomic mass is 10.0. The Labute approximate surface area is 121 Å². The number of anilines is 2. The van der Waals surface area contributed by atoms with Crippen molar-refractivity contribution in [2.24, 2.45) is 0 Å². The molecule has 1 heteroatoms. The Balaban J connectivity index is 2.43. The molecule has 0 amide bonds. The Morgan fingerprint density at radius 2 is 1.60 bits per heavy atom. The van der Waals surface area contributed by atoms with Crippen molar-refractivity contribution in [3.8, 4) is 0 Å². The van der Waals surface area contributed by atoms with E-state index in [1.807, 2.05) is 36.4 Å². The van der Waals surface area contributed by atoms with Gasteiger partial charge in [0, 0.05) is 16.9 Å². The van der Waals surface area contributed by atoms with Crippen LogP contribution in [-0.2, 0) is 0 Å². The van der Waals surface area contributed by atoms with Gasteiger partial charge in [-0.25, -0.2) is 0 Å². The summed E-state index contributed by atoms with van der Waals surface area (Å²) in [7, 11) is 0. The van der Waals surface area contributed by atoms with Crippen LogP contribution in [0.5, 0.6) is 0 Å². The van der Waals surface area contributed by atoms with E-state index in [-0.39, 0.29) is 0 Å². The van der Waals surface area contributed by atoms with E-state index in [2.05, 4.69) is 49.7 Å². The van der Waals surface area contributed by atoms with E-state index in [1.54, 1.807) is 6.08 Å². The zero-order chi connectivity index (χ0) is 14.4. The summed E-state index contributed by atoms with van der Waals surface area (Å²) < 4.78 is 0. The average molecular weight is 261 g/mol. The molecule has 0 fully saturated rings. The van der Waals surface area contributed by atoms with Crippen LogP contribution in [0, 0.1) is 6.92 Å². The number of hydrogen-bond acceptors (Lipinski definition) is 1. The smallest absolute Gasteiger partial charge is 0.0463 e. The summed E-state index contributed by atoms with van der Waals surface area (Å²) >= 11 is 0. The highest BCUT2D eigenvalue weighted by Crippen LogP contribution is 2.28. The molecule has 0 aliphatic heterocycles. The summed E-state index contributed by atoms with van der Waals surface area (Å²) in [5.74, 6) is 0. The Kier molecular flexibility index (Phi) is 4.56. The van der Waals surface area contributed by atoms with Gasteiger partial charge >= 0.3 is 0 Å². The van der Waals surface area contributed by atoms with Crippen LogP contribution in [0.3, 0.4) is 0 Å². The molecule has 2 rings (SSSR count). The molecule has 2 aromatic carbocycles. The van der Waals surface area contributed by atoms with Gasteiger partial charge in [0.2, 0.25) is 0 Å². The lowest BCUT2D eigenvalue weighted by molar-refractivity contribution is 1.42. The van der Waals surface area contributed by atoms with Crippen LogP contribution in [0.15, 0.2) is 79.9 Å². The minimum Gasteiger partial charge on any atom is -0.355 e. The lowest BCUT2D eigenvalue weighted by Gasteiger charge is -2.14. The molecule has 2 aromatic rings. The van der Waals surface area contributed by atoms with Gasteiger partial charge in [-0.1, -0.05) is 67.8 Å². The Bertz CT molecular complexity index is 650. The Morgan fingerprint density at radius 1 is 0.950 bits per heavy atom. The van der Waals surface area contributed by atoms with Crippen molar-refractivity contribution in [3.63, 3.8) is 0 Å². The Hall–Kier alpha value is -2.54. The fourth-order valence-corrected chi connectivity index (χ4v) is 2.10. The van der Waals surface area contributed by atoms with Gasteiger partial charge in [-0.05, 0) is 30.2 Å². The normalized spacial score (nSPS) is 10.9. The van der Waals surface area contributed by atoms with Crippen molar-refractivity contribution < 1.29 is 0 Å².